The molecule has 0 aliphatic rings. The summed E-state index contributed by atoms with van der Waals surface area (Å²) in [4.78, 5) is 35.8. The maximum atomic E-state index is 12.3. The molecule has 28 heavy (non-hydrogen) atoms. The van der Waals surface area contributed by atoms with Gasteiger partial charge in [0.25, 0.3) is 5.91 Å². The summed E-state index contributed by atoms with van der Waals surface area (Å²) < 4.78 is 5.10. The van der Waals surface area contributed by atoms with E-state index in [1.165, 1.54) is 19.2 Å². The van der Waals surface area contributed by atoms with E-state index in [1.807, 2.05) is 0 Å². The van der Waals surface area contributed by atoms with E-state index in [1.54, 1.807) is 30.3 Å². The summed E-state index contributed by atoms with van der Waals surface area (Å²) in [6.45, 7) is 0. The molecule has 0 saturated heterocycles. The second-order valence-electron chi connectivity index (χ2n) is 5.63. The van der Waals surface area contributed by atoms with Crippen molar-refractivity contribution in [3.05, 3.63) is 63.6 Å². The monoisotopic (exact) mass is 424 g/mol. The molecule has 4 amide bonds. The average molecular weight is 425 g/mol. The van der Waals surface area contributed by atoms with Gasteiger partial charge in [-0.3, -0.25) is 20.4 Å². The Morgan fingerprint density at radius 1 is 1.11 bits per heavy atom. The molecule has 8 nitrogen and oxygen atoms in total. The third kappa shape index (κ3) is 5.77. The zero-order chi connectivity index (χ0) is 20.7. The molecule has 0 aliphatic heterocycles. The minimum Gasteiger partial charge on any atom is -0.496 e. The fourth-order valence-electron chi connectivity index (χ4n) is 2.46. The molecule has 0 saturated carbocycles. The molecular weight excluding hydrogens is 407 g/mol. The summed E-state index contributed by atoms with van der Waals surface area (Å²) in [7, 11) is 1.41. The number of rotatable bonds is 6. The zero-order valence-corrected chi connectivity index (χ0v) is 16.3. The largest absolute Gasteiger partial charge is 0.496 e. The second kappa shape index (κ2) is 9.82. The first kappa shape index (κ1) is 21.3. The number of amides is 4. The van der Waals surface area contributed by atoms with Crippen LogP contribution in [0, 0.1) is 0 Å². The van der Waals surface area contributed by atoms with Crippen molar-refractivity contribution in [1.82, 2.24) is 16.2 Å². The molecule has 0 fully saturated rings. The van der Waals surface area contributed by atoms with Gasteiger partial charge in [0, 0.05) is 10.0 Å². The molecular formula is C18H18Cl2N4O4. The predicted molar refractivity (Wildman–Crippen MR) is 105 cm³/mol. The summed E-state index contributed by atoms with van der Waals surface area (Å²) in [6, 6.07) is 9.62. The maximum absolute atomic E-state index is 12.3. The van der Waals surface area contributed by atoms with Crippen molar-refractivity contribution in [2.24, 2.45) is 5.73 Å². The highest BCUT2D eigenvalue weighted by Gasteiger charge is 2.20. The summed E-state index contributed by atoms with van der Waals surface area (Å²) in [5.41, 5.74) is 10.4. The Hall–Kier alpha value is -2.97. The Kier molecular flexibility index (Phi) is 7.48. The molecule has 148 valence electrons. The molecule has 0 aromatic heterocycles. The minimum atomic E-state index is -0.814. The van der Waals surface area contributed by atoms with Crippen molar-refractivity contribution >= 4 is 41.0 Å². The van der Waals surface area contributed by atoms with Crippen molar-refractivity contribution in [3.8, 4) is 5.75 Å². The number of ether oxygens (including phenoxy) is 1. The normalized spacial score (nSPS) is 11.2. The minimum absolute atomic E-state index is 0.146. The van der Waals surface area contributed by atoms with Gasteiger partial charge in [-0.15, -0.1) is 0 Å². The first-order valence-corrected chi connectivity index (χ1v) is 8.80. The summed E-state index contributed by atoms with van der Waals surface area (Å²) in [6.07, 6.45) is -0.209. The summed E-state index contributed by atoms with van der Waals surface area (Å²) in [5.74, 6) is -0.904. The number of primary amides is 1. The van der Waals surface area contributed by atoms with Gasteiger partial charge in [0.2, 0.25) is 5.91 Å². The molecule has 2 aromatic rings. The summed E-state index contributed by atoms with van der Waals surface area (Å²) >= 11 is 12.0. The highest BCUT2D eigenvalue weighted by Crippen LogP contribution is 2.25. The van der Waals surface area contributed by atoms with Crippen LogP contribution < -0.4 is 26.6 Å². The maximum Gasteiger partial charge on any atom is 0.312 e. The number of carbonyl (C=O) groups is 3. The number of urea groups is 1. The number of nitrogens with one attached hydrogen (secondary N) is 3. The third-order valence-corrected chi connectivity index (χ3v) is 4.29. The van der Waals surface area contributed by atoms with Crippen LogP contribution in [0.15, 0.2) is 42.5 Å². The van der Waals surface area contributed by atoms with Gasteiger partial charge in [0.1, 0.15) is 5.75 Å². The molecule has 0 spiro atoms. The molecule has 0 heterocycles. The molecule has 10 heteroatoms. The van der Waals surface area contributed by atoms with Gasteiger partial charge in [-0.2, -0.15) is 0 Å². The Morgan fingerprint density at radius 2 is 1.82 bits per heavy atom. The molecule has 2 aromatic carbocycles. The van der Waals surface area contributed by atoms with E-state index < -0.39 is 23.9 Å². The number of benzene rings is 2. The molecule has 1 atom stereocenters. The van der Waals surface area contributed by atoms with E-state index in [9.17, 15) is 14.4 Å². The third-order valence-electron chi connectivity index (χ3n) is 3.71. The van der Waals surface area contributed by atoms with Gasteiger partial charge in [0.05, 0.1) is 25.1 Å². The molecule has 0 aliphatic carbocycles. The summed E-state index contributed by atoms with van der Waals surface area (Å²) in [5, 5.41) is 3.15. The van der Waals surface area contributed by atoms with Crippen molar-refractivity contribution < 1.29 is 19.1 Å². The number of carbonyl (C=O) groups excluding carboxylic acids is 3. The smallest absolute Gasteiger partial charge is 0.312 e. The van der Waals surface area contributed by atoms with Crippen molar-refractivity contribution in [1.29, 1.82) is 0 Å². The number of halogens is 2. The van der Waals surface area contributed by atoms with Gasteiger partial charge in [-0.25, -0.2) is 4.79 Å². The van der Waals surface area contributed by atoms with Crippen LogP contribution in [0.25, 0.3) is 0 Å². The molecule has 5 N–H and O–H groups in total. The van der Waals surface area contributed by atoms with E-state index in [0.717, 1.165) is 0 Å². The Balaban J connectivity index is 2.05. The lowest BCUT2D eigenvalue weighted by atomic mass is 10.0. The van der Waals surface area contributed by atoms with Crippen LogP contribution in [0.1, 0.15) is 28.4 Å². The molecule has 2 rings (SSSR count). The van der Waals surface area contributed by atoms with Crippen LogP contribution in [0.4, 0.5) is 4.79 Å². The highest BCUT2D eigenvalue weighted by atomic mass is 35.5. The molecule has 0 bridgehead atoms. The fourth-order valence-corrected chi connectivity index (χ4v) is 2.90. The first-order valence-electron chi connectivity index (χ1n) is 8.05. The van der Waals surface area contributed by atoms with E-state index in [0.29, 0.717) is 21.4 Å². The lowest BCUT2D eigenvalue weighted by molar-refractivity contribution is -0.122. The Labute approximate surface area is 171 Å². The SMILES string of the molecule is COc1ccc(Cl)cc1C(=O)NNC(=O)CC(NC(N)=O)c1ccccc1Cl. The van der Waals surface area contributed by atoms with Gasteiger partial charge in [0.15, 0.2) is 0 Å². The standard InChI is InChI=1S/C18H18Cl2N4O4/c1-28-15-7-6-10(19)8-12(15)17(26)24-23-16(25)9-14(22-18(21)27)11-4-2-3-5-13(11)20/h2-8,14H,9H2,1H3,(H,23,25)(H,24,26)(H3,21,22,27). The molecule has 0 radical (unpaired) electrons. The number of nitrogens with two attached hydrogens (primary N) is 1. The van der Waals surface area contributed by atoms with Gasteiger partial charge in [-0.05, 0) is 29.8 Å². The molecule has 1 unspecified atom stereocenters. The van der Waals surface area contributed by atoms with Crippen molar-refractivity contribution in [2.45, 2.75) is 12.5 Å². The van der Waals surface area contributed by atoms with E-state index in [4.69, 9.17) is 33.7 Å². The van der Waals surface area contributed by atoms with Crippen LogP contribution in [-0.2, 0) is 4.79 Å². The van der Waals surface area contributed by atoms with Gasteiger partial charge in [-0.1, -0.05) is 41.4 Å². The van der Waals surface area contributed by atoms with Crippen molar-refractivity contribution in [3.63, 3.8) is 0 Å². The highest BCUT2D eigenvalue weighted by molar-refractivity contribution is 6.31. The second-order valence-corrected chi connectivity index (χ2v) is 6.48. The van der Waals surface area contributed by atoms with Crippen LogP contribution in [-0.4, -0.2) is 25.0 Å². The predicted octanol–water partition coefficient (Wildman–Crippen LogP) is 2.56. The van der Waals surface area contributed by atoms with Gasteiger partial charge < -0.3 is 15.8 Å². The Morgan fingerprint density at radius 3 is 2.46 bits per heavy atom. The number of hydrogen-bond donors (Lipinski definition) is 4. The van der Waals surface area contributed by atoms with Crippen LogP contribution in [0.2, 0.25) is 10.0 Å². The van der Waals surface area contributed by atoms with Crippen LogP contribution in [0.3, 0.4) is 0 Å². The topological polar surface area (TPSA) is 123 Å². The lowest BCUT2D eigenvalue weighted by Gasteiger charge is -2.19. The zero-order valence-electron chi connectivity index (χ0n) is 14.8. The number of hydrazine groups is 1. The quantitative estimate of drug-likeness (QED) is 0.532. The van der Waals surface area contributed by atoms with Crippen LogP contribution in [0.5, 0.6) is 5.75 Å². The van der Waals surface area contributed by atoms with Gasteiger partial charge >= 0.3 is 6.03 Å². The lowest BCUT2D eigenvalue weighted by Crippen LogP contribution is -2.44. The van der Waals surface area contributed by atoms with E-state index >= 15 is 0 Å². The fraction of sp³-hybridized carbons (Fsp3) is 0.167. The number of hydrogen-bond acceptors (Lipinski definition) is 4. The van der Waals surface area contributed by atoms with E-state index in [-0.39, 0.29) is 12.0 Å². The van der Waals surface area contributed by atoms with Crippen LogP contribution >= 0.6 is 23.2 Å². The van der Waals surface area contributed by atoms with E-state index in [2.05, 4.69) is 16.2 Å². The van der Waals surface area contributed by atoms with Crippen molar-refractivity contribution in [2.75, 3.05) is 7.11 Å². The number of methoxy groups -OCH3 is 1. The Bertz CT molecular complexity index is 892. The first-order chi connectivity index (χ1) is 13.3. The average Bonchev–Trinajstić information content (AvgIpc) is 2.65.